The van der Waals surface area contributed by atoms with E-state index in [2.05, 4.69) is 41.5 Å². The first-order chi connectivity index (χ1) is 9.86. The Balaban J connectivity index is 1.98. The van der Waals surface area contributed by atoms with Gasteiger partial charge in [-0.15, -0.1) is 0 Å². The molecule has 0 aliphatic carbocycles. The molecule has 5 heteroatoms. The number of H-pyrrole nitrogens is 1. The molecule has 0 spiro atoms. The maximum absolute atomic E-state index is 11.9. The summed E-state index contributed by atoms with van der Waals surface area (Å²) in [5, 5.41) is 10.8. The van der Waals surface area contributed by atoms with Crippen molar-refractivity contribution in [2.24, 2.45) is 5.10 Å². The molecule has 0 saturated heterocycles. The van der Waals surface area contributed by atoms with Crippen molar-refractivity contribution in [2.45, 2.75) is 33.1 Å². The lowest BCUT2D eigenvalue weighted by molar-refractivity contribution is 0.0950. The molecule has 1 heterocycles. The molecule has 1 aromatic heterocycles. The Kier molecular flexibility index (Phi) is 4.21. The lowest BCUT2D eigenvalue weighted by atomic mass is 9.92. The van der Waals surface area contributed by atoms with Crippen molar-refractivity contribution in [1.82, 2.24) is 15.6 Å². The number of carbonyl (C=O) groups excluding carboxylic acids is 1. The zero-order valence-electron chi connectivity index (χ0n) is 12.8. The third-order valence-corrected chi connectivity index (χ3v) is 3.08. The third kappa shape index (κ3) is 4.02. The van der Waals surface area contributed by atoms with Crippen LogP contribution in [-0.2, 0) is 5.41 Å². The van der Waals surface area contributed by atoms with E-state index in [4.69, 9.17) is 0 Å². The number of aryl methyl sites for hydroxylation is 1. The standard InChI is InChI=1S/C16H20N4O/c1-11-5-7-12(8-6-11)10-17-20-15(21)13-9-14(19-18-13)16(2,3)4/h5-10H,1-4H3,(H,18,19)(H,20,21)/b17-10+. The number of hydrogen-bond donors (Lipinski definition) is 2. The predicted molar refractivity (Wildman–Crippen MR) is 83.5 cm³/mol. The molecule has 0 atom stereocenters. The molecule has 0 saturated carbocycles. The van der Waals surface area contributed by atoms with Gasteiger partial charge >= 0.3 is 0 Å². The van der Waals surface area contributed by atoms with Gasteiger partial charge in [-0.2, -0.15) is 10.2 Å². The van der Waals surface area contributed by atoms with Crippen molar-refractivity contribution in [1.29, 1.82) is 0 Å². The van der Waals surface area contributed by atoms with Crippen LogP contribution in [0.3, 0.4) is 0 Å². The van der Waals surface area contributed by atoms with Crippen molar-refractivity contribution >= 4 is 12.1 Å². The molecule has 21 heavy (non-hydrogen) atoms. The van der Waals surface area contributed by atoms with Crippen LogP contribution in [0.4, 0.5) is 0 Å². The van der Waals surface area contributed by atoms with Gasteiger partial charge in [0.25, 0.3) is 5.91 Å². The SMILES string of the molecule is Cc1ccc(/C=N/NC(=O)c2cc(C(C)(C)C)[nH]n2)cc1. The van der Waals surface area contributed by atoms with E-state index in [9.17, 15) is 4.79 Å². The summed E-state index contributed by atoms with van der Waals surface area (Å²) in [6, 6.07) is 9.62. The summed E-state index contributed by atoms with van der Waals surface area (Å²) >= 11 is 0. The third-order valence-electron chi connectivity index (χ3n) is 3.08. The van der Waals surface area contributed by atoms with Gasteiger partial charge in [0, 0.05) is 11.1 Å². The Hall–Kier alpha value is -2.43. The number of aromatic amines is 1. The van der Waals surface area contributed by atoms with E-state index in [-0.39, 0.29) is 11.3 Å². The monoisotopic (exact) mass is 284 g/mol. The molecule has 2 N–H and O–H groups in total. The Labute approximate surface area is 124 Å². The highest BCUT2D eigenvalue weighted by molar-refractivity contribution is 5.93. The van der Waals surface area contributed by atoms with Crippen LogP contribution in [0.1, 0.15) is 48.1 Å². The summed E-state index contributed by atoms with van der Waals surface area (Å²) in [7, 11) is 0. The minimum absolute atomic E-state index is 0.0727. The van der Waals surface area contributed by atoms with Gasteiger partial charge in [0.1, 0.15) is 0 Å². The zero-order valence-corrected chi connectivity index (χ0v) is 12.8. The van der Waals surface area contributed by atoms with Crippen LogP contribution >= 0.6 is 0 Å². The molecular formula is C16H20N4O. The smallest absolute Gasteiger partial charge is 0.281 e. The molecule has 0 aliphatic rings. The number of amides is 1. The van der Waals surface area contributed by atoms with Crippen molar-refractivity contribution in [3.63, 3.8) is 0 Å². The van der Waals surface area contributed by atoms with E-state index in [1.165, 1.54) is 5.56 Å². The number of aromatic nitrogens is 2. The molecule has 0 fully saturated rings. The largest absolute Gasteiger partial charge is 0.291 e. The van der Waals surface area contributed by atoms with Gasteiger partial charge in [0.05, 0.1) is 6.21 Å². The van der Waals surface area contributed by atoms with Crippen LogP contribution in [0.5, 0.6) is 0 Å². The number of hydrazone groups is 1. The first-order valence-corrected chi connectivity index (χ1v) is 6.82. The Morgan fingerprint density at radius 2 is 1.95 bits per heavy atom. The number of rotatable bonds is 3. The normalized spacial score (nSPS) is 11.8. The van der Waals surface area contributed by atoms with Gasteiger partial charge in [-0.05, 0) is 18.6 Å². The van der Waals surface area contributed by atoms with Crippen LogP contribution in [0, 0.1) is 6.92 Å². The fourth-order valence-electron chi connectivity index (χ4n) is 1.70. The minimum atomic E-state index is -0.329. The summed E-state index contributed by atoms with van der Waals surface area (Å²) in [6.07, 6.45) is 1.61. The fourth-order valence-corrected chi connectivity index (χ4v) is 1.70. The average molecular weight is 284 g/mol. The highest BCUT2D eigenvalue weighted by Crippen LogP contribution is 2.20. The van der Waals surface area contributed by atoms with Gasteiger partial charge in [-0.3, -0.25) is 9.89 Å². The van der Waals surface area contributed by atoms with Crippen molar-refractivity contribution in [3.8, 4) is 0 Å². The number of nitrogens with zero attached hydrogens (tertiary/aromatic N) is 2. The van der Waals surface area contributed by atoms with Gasteiger partial charge < -0.3 is 0 Å². The number of carbonyl (C=O) groups is 1. The fraction of sp³-hybridized carbons (Fsp3) is 0.312. The van der Waals surface area contributed by atoms with E-state index in [0.29, 0.717) is 5.69 Å². The molecule has 110 valence electrons. The van der Waals surface area contributed by atoms with Crippen LogP contribution in [0.2, 0.25) is 0 Å². The topological polar surface area (TPSA) is 70.1 Å². The Bertz CT molecular complexity index is 648. The van der Waals surface area contributed by atoms with Crippen molar-refractivity contribution < 1.29 is 4.79 Å². The summed E-state index contributed by atoms with van der Waals surface area (Å²) in [6.45, 7) is 8.18. The minimum Gasteiger partial charge on any atom is -0.281 e. The van der Waals surface area contributed by atoms with E-state index in [1.807, 2.05) is 31.2 Å². The maximum Gasteiger partial charge on any atom is 0.291 e. The van der Waals surface area contributed by atoms with Gasteiger partial charge in [0.15, 0.2) is 5.69 Å². The molecule has 2 rings (SSSR count). The van der Waals surface area contributed by atoms with E-state index < -0.39 is 0 Å². The highest BCUT2D eigenvalue weighted by Gasteiger charge is 2.18. The molecule has 0 bridgehead atoms. The summed E-state index contributed by atoms with van der Waals surface area (Å²) in [4.78, 5) is 11.9. The number of nitrogens with one attached hydrogen (secondary N) is 2. The Morgan fingerprint density at radius 3 is 2.52 bits per heavy atom. The summed E-state index contributed by atoms with van der Waals surface area (Å²) < 4.78 is 0. The quantitative estimate of drug-likeness (QED) is 0.672. The van der Waals surface area contributed by atoms with E-state index >= 15 is 0 Å². The van der Waals surface area contributed by atoms with Gasteiger partial charge in [-0.1, -0.05) is 50.6 Å². The van der Waals surface area contributed by atoms with Gasteiger partial charge in [-0.25, -0.2) is 5.43 Å². The molecular weight excluding hydrogens is 264 g/mol. The van der Waals surface area contributed by atoms with Crippen LogP contribution in [0.15, 0.2) is 35.4 Å². The first kappa shape index (κ1) is 15.0. The molecule has 2 aromatic rings. The summed E-state index contributed by atoms with van der Waals surface area (Å²) in [5.41, 5.74) is 5.76. The average Bonchev–Trinajstić information content (AvgIpc) is 2.90. The van der Waals surface area contributed by atoms with Crippen molar-refractivity contribution in [2.75, 3.05) is 0 Å². The van der Waals surface area contributed by atoms with Crippen molar-refractivity contribution in [3.05, 3.63) is 52.8 Å². The van der Waals surface area contributed by atoms with Crippen LogP contribution in [-0.4, -0.2) is 22.3 Å². The van der Waals surface area contributed by atoms with Crippen LogP contribution < -0.4 is 5.43 Å². The first-order valence-electron chi connectivity index (χ1n) is 6.82. The molecule has 0 radical (unpaired) electrons. The molecule has 0 aliphatic heterocycles. The zero-order chi connectivity index (χ0) is 15.5. The maximum atomic E-state index is 11.9. The van der Waals surface area contributed by atoms with E-state index in [1.54, 1.807) is 12.3 Å². The Morgan fingerprint density at radius 1 is 1.29 bits per heavy atom. The predicted octanol–water partition coefficient (Wildman–Crippen LogP) is 2.78. The second-order valence-corrected chi connectivity index (χ2v) is 6.03. The van der Waals surface area contributed by atoms with E-state index in [0.717, 1.165) is 11.3 Å². The number of hydrogen-bond acceptors (Lipinski definition) is 3. The molecule has 5 nitrogen and oxygen atoms in total. The molecule has 1 amide bonds. The summed E-state index contributed by atoms with van der Waals surface area (Å²) in [5.74, 6) is -0.329. The number of benzene rings is 1. The lowest BCUT2D eigenvalue weighted by Gasteiger charge is -2.14. The molecule has 1 aromatic carbocycles. The van der Waals surface area contributed by atoms with Crippen LogP contribution in [0.25, 0.3) is 0 Å². The molecule has 0 unspecified atom stereocenters. The second kappa shape index (κ2) is 5.91. The van der Waals surface area contributed by atoms with Gasteiger partial charge in [0.2, 0.25) is 0 Å². The highest BCUT2D eigenvalue weighted by atomic mass is 16.2. The lowest BCUT2D eigenvalue weighted by Crippen LogP contribution is -2.18. The second-order valence-electron chi connectivity index (χ2n) is 6.03.